The average molecular weight is 379 g/mol. The lowest BCUT2D eigenvalue weighted by atomic mass is 9.88. The van der Waals surface area contributed by atoms with Gasteiger partial charge in [-0.1, -0.05) is 26.2 Å². The van der Waals surface area contributed by atoms with E-state index in [-0.39, 0.29) is 23.0 Å². The summed E-state index contributed by atoms with van der Waals surface area (Å²) < 4.78 is 13.2. The van der Waals surface area contributed by atoms with Crippen LogP contribution in [0.2, 0.25) is 0 Å². The van der Waals surface area contributed by atoms with Crippen LogP contribution < -0.4 is 5.32 Å². The van der Waals surface area contributed by atoms with Crippen LogP contribution in [0.5, 0.6) is 0 Å². The molecule has 2 amide bonds. The number of rotatable bonds is 5. The maximum Gasteiger partial charge on any atom is 0.255 e. The van der Waals surface area contributed by atoms with Crippen LogP contribution in [0.15, 0.2) is 24.3 Å². The second kappa shape index (κ2) is 8.89. The first kappa shape index (κ1) is 19.2. The molecule has 0 bridgehead atoms. The van der Waals surface area contributed by atoms with E-state index in [0.29, 0.717) is 23.8 Å². The van der Waals surface area contributed by atoms with E-state index in [1.54, 1.807) is 16.7 Å². The zero-order chi connectivity index (χ0) is 18.5. The van der Waals surface area contributed by atoms with Crippen molar-refractivity contribution < 1.29 is 14.0 Å². The first-order chi connectivity index (χ1) is 12.6. The molecule has 1 saturated carbocycles. The molecule has 4 nitrogen and oxygen atoms in total. The van der Waals surface area contributed by atoms with Gasteiger partial charge in [-0.2, -0.15) is 0 Å². The van der Waals surface area contributed by atoms with Gasteiger partial charge in [0.15, 0.2) is 0 Å². The second-order valence-corrected chi connectivity index (χ2v) is 8.30. The predicted octanol–water partition coefficient (Wildman–Crippen LogP) is 3.82. The van der Waals surface area contributed by atoms with Gasteiger partial charge in [0.25, 0.3) is 5.91 Å². The summed E-state index contributed by atoms with van der Waals surface area (Å²) in [4.78, 5) is 27.6. The number of carbonyl (C=O) groups excluding carboxylic acids is 2. The number of hydrogen-bond acceptors (Lipinski definition) is 3. The maximum absolute atomic E-state index is 13.2. The van der Waals surface area contributed by atoms with E-state index in [9.17, 15) is 14.0 Å². The first-order valence-corrected chi connectivity index (χ1v) is 10.6. The summed E-state index contributed by atoms with van der Waals surface area (Å²) >= 11 is 1.72. The third kappa shape index (κ3) is 4.22. The number of halogens is 1. The Hall–Kier alpha value is -1.56. The fraction of sp³-hybridized carbons (Fsp3) is 0.600. The number of nitrogens with zero attached hydrogens (tertiary/aromatic N) is 1. The van der Waals surface area contributed by atoms with Crippen LogP contribution in [-0.2, 0) is 4.79 Å². The molecule has 0 aromatic heterocycles. The predicted molar refractivity (Wildman–Crippen MR) is 102 cm³/mol. The van der Waals surface area contributed by atoms with Crippen molar-refractivity contribution in [3.63, 3.8) is 0 Å². The number of amides is 2. The van der Waals surface area contributed by atoms with Crippen molar-refractivity contribution >= 4 is 23.6 Å². The van der Waals surface area contributed by atoms with Crippen molar-refractivity contribution in [3.05, 3.63) is 35.6 Å². The lowest BCUT2D eigenvalue weighted by Gasteiger charge is -2.35. The molecule has 6 heteroatoms. The van der Waals surface area contributed by atoms with E-state index in [1.165, 1.54) is 43.5 Å². The largest absolute Gasteiger partial charge is 0.354 e. The van der Waals surface area contributed by atoms with Gasteiger partial charge < -0.3 is 10.2 Å². The highest BCUT2D eigenvalue weighted by molar-refractivity contribution is 8.00. The molecule has 1 saturated heterocycles. The maximum atomic E-state index is 13.2. The molecule has 0 radical (unpaired) electrons. The van der Waals surface area contributed by atoms with Crippen LogP contribution >= 0.6 is 11.8 Å². The van der Waals surface area contributed by atoms with E-state index in [4.69, 9.17) is 0 Å². The van der Waals surface area contributed by atoms with Crippen LogP contribution in [-0.4, -0.2) is 40.4 Å². The average Bonchev–Trinajstić information content (AvgIpc) is 3.12. The zero-order valence-corrected chi connectivity index (χ0v) is 16.1. The third-order valence-electron chi connectivity index (χ3n) is 5.27. The molecule has 2 atom stereocenters. The highest BCUT2D eigenvalue weighted by Gasteiger charge is 2.45. The molecule has 1 aromatic rings. The second-order valence-electron chi connectivity index (χ2n) is 7.15. The van der Waals surface area contributed by atoms with E-state index in [1.807, 2.05) is 6.92 Å². The molecular formula is C20H27FN2O2S. The Bertz CT molecular complexity index is 631. The van der Waals surface area contributed by atoms with Gasteiger partial charge >= 0.3 is 0 Å². The number of carbonyl (C=O) groups is 2. The Kier molecular flexibility index (Phi) is 6.57. The highest BCUT2D eigenvalue weighted by Crippen LogP contribution is 2.41. The van der Waals surface area contributed by atoms with E-state index >= 15 is 0 Å². The molecule has 1 N–H and O–H groups in total. The molecule has 1 aliphatic heterocycles. The summed E-state index contributed by atoms with van der Waals surface area (Å²) in [6.07, 6.45) is 6.70. The molecule has 0 unspecified atom stereocenters. The standard InChI is InChI=1S/C20H27FN2O2S/c1-2-12-22-18(24)17-13-26-20(15-6-4-3-5-7-15)23(17)19(25)14-8-10-16(21)11-9-14/h8-11,15,17,20H,2-7,12-13H2,1H3,(H,22,24)/t17-,20+/m1/s1. The molecule has 142 valence electrons. The van der Waals surface area contributed by atoms with Crippen LogP contribution in [0.4, 0.5) is 4.39 Å². The van der Waals surface area contributed by atoms with Crippen LogP contribution in [0.1, 0.15) is 55.8 Å². The molecule has 2 aliphatic rings. The van der Waals surface area contributed by atoms with Crippen molar-refractivity contribution in [1.82, 2.24) is 10.2 Å². The smallest absolute Gasteiger partial charge is 0.255 e. The van der Waals surface area contributed by atoms with Crippen LogP contribution in [0.3, 0.4) is 0 Å². The number of nitrogens with one attached hydrogen (secondary N) is 1. The lowest BCUT2D eigenvalue weighted by Crippen LogP contribution is -2.51. The third-order valence-corrected chi connectivity index (χ3v) is 6.73. The minimum Gasteiger partial charge on any atom is -0.354 e. The molecule has 26 heavy (non-hydrogen) atoms. The van der Waals surface area contributed by atoms with Crippen molar-refractivity contribution in [2.75, 3.05) is 12.3 Å². The van der Waals surface area contributed by atoms with Gasteiger partial charge in [0.05, 0.1) is 5.37 Å². The van der Waals surface area contributed by atoms with Gasteiger partial charge in [-0.3, -0.25) is 9.59 Å². The summed E-state index contributed by atoms with van der Waals surface area (Å²) in [7, 11) is 0. The quantitative estimate of drug-likeness (QED) is 0.847. The molecular weight excluding hydrogens is 351 g/mol. The summed E-state index contributed by atoms with van der Waals surface area (Å²) in [5.74, 6) is 0.458. The molecule has 1 aromatic carbocycles. The Morgan fingerprint density at radius 3 is 2.54 bits per heavy atom. The van der Waals surface area contributed by atoms with Gasteiger partial charge in [0, 0.05) is 17.9 Å². The first-order valence-electron chi connectivity index (χ1n) is 9.59. The fourth-order valence-electron chi connectivity index (χ4n) is 3.88. The number of thioether (sulfide) groups is 1. The van der Waals surface area contributed by atoms with Crippen molar-refractivity contribution in [3.8, 4) is 0 Å². The Morgan fingerprint density at radius 1 is 1.19 bits per heavy atom. The minimum absolute atomic E-state index is 0.0326. The normalized spacial score (nSPS) is 23.8. The van der Waals surface area contributed by atoms with E-state index in [0.717, 1.165) is 19.3 Å². The Labute approximate surface area is 158 Å². The lowest BCUT2D eigenvalue weighted by molar-refractivity contribution is -0.125. The Morgan fingerprint density at radius 2 is 1.88 bits per heavy atom. The van der Waals surface area contributed by atoms with E-state index in [2.05, 4.69) is 5.32 Å². The molecule has 1 heterocycles. The molecule has 3 rings (SSSR count). The zero-order valence-electron chi connectivity index (χ0n) is 15.2. The van der Waals surface area contributed by atoms with Gasteiger partial charge in [-0.15, -0.1) is 11.8 Å². The minimum atomic E-state index is -0.448. The van der Waals surface area contributed by atoms with Gasteiger partial charge in [0.1, 0.15) is 11.9 Å². The SMILES string of the molecule is CCCNC(=O)[C@H]1CS[C@@H](C2CCCCC2)N1C(=O)c1ccc(F)cc1. The van der Waals surface area contributed by atoms with Gasteiger partial charge in [-0.25, -0.2) is 4.39 Å². The Balaban J connectivity index is 1.84. The van der Waals surface area contributed by atoms with Crippen molar-refractivity contribution in [2.24, 2.45) is 5.92 Å². The van der Waals surface area contributed by atoms with Crippen LogP contribution in [0.25, 0.3) is 0 Å². The van der Waals surface area contributed by atoms with Crippen molar-refractivity contribution in [2.45, 2.75) is 56.9 Å². The monoisotopic (exact) mass is 378 g/mol. The van der Waals surface area contributed by atoms with Crippen molar-refractivity contribution in [1.29, 1.82) is 0 Å². The van der Waals surface area contributed by atoms with Crippen LogP contribution in [0, 0.1) is 11.7 Å². The fourth-order valence-corrected chi connectivity index (χ4v) is 5.52. The molecule has 2 fully saturated rings. The van der Waals surface area contributed by atoms with E-state index < -0.39 is 6.04 Å². The summed E-state index contributed by atoms with van der Waals surface area (Å²) in [6, 6.07) is 5.19. The number of hydrogen-bond donors (Lipinski definition) is 1. The van der Waals surface area contributed by atoms with Gasteiger partial charge in [0.2, 0.25) is 5.91 Å². The number of benzene rings is 1. The highest BCUT2D eigenvalue weighted by atomic mass is 32.2. The summed E-state index contributed by atoms with van der Waals surface area (Å²) in [5.41, 5.74) is 0.447. The summed E-state index contributed by atoms with van der Waals surface area (Å²) in [5, 5.41) is 2.97. The molecule has 0 spiro atoms. The van der Waals surface area contributed by atoms with Gasteiger partial charge in [-0.05, 0) is 49.4 Å². The summed E-state index contributed by atoms with van der Waals surface area (Å²) in [6.45, 7) is 2.63. The molecule has 1 aliphatic carbocycles. The topological polar surface area (TPSA) is 49.4 Å².